The van der Waals surface area contributed by atoms with Gasteiger partial charge >= 0.3 is 0 Å². The Morgan fingerprint density at radius 3 is 2.38 bits per heavy atom. The van der Waals surface area contributed by atoms with Gasteiger partial charge in [-0.1, -0.05) is 34.8 Å². The molecule has 0 aliphatic rings. The molecule has 0 aliphatic heterocycles. The lowest BCUT2D eigenvalue weighted by atomic mass is 9.99. The van der Waals surface area contributed by atoms with Crippen LogP contribution in [0.1, 0.15) is 28.4 Å². The topological polar surface area (TPSA) is 26.3 Å². The SMILES string of the molecule is CCOc1cc(Cl)c(C(=O)c2ccc(Cl)cc2C)cc1Cl. The number of rotatable bonds is 4. The molecule has 0 unspecified atom stereocenters. The molecule has 0 atom stereocenters. The summed E-state index contributed by atoms with van der Waals surface area (Å²) in [5.41, 5.74) is 1.67. The minimum Gasteiger partial charge on any atom is -0.492 e. The standard InChI is InChI=1S/C16H13Cl3O2/c1-3-21-15-8-13(18)12(7-14(15)19)16(20)11-5-4-10(17)6-9(11)2/h4-8H,3H2,1-2H3. The van der Waals surface area contributed by atoms with Crippen molar-refractivity contribution < 1.29 is 9.53 Å². The molecule has 2 rings (SSSR count). The third-order valence-electron chi connectivity index (χ3n) is 3.00. The fourth-order valence-electron chi connectivity index (χ4n) is 2.00. The number of aryl methyl sites for hydroxylation is 1. The molecule has 2 aromatic rings. The summed E-state index contributed by atoms with van der Waals surface area (Å²) >= 11 is 18.2. The molecule has 0 spiro atoms. The minimum absolute atomic E-state index is 0.195. The van der Waals surface area contributed by atoms with Gasteiger partial charge in [0.15, 0.2) is 5.78 Å². The van der Waals surface area contributed by atoms with Crippen molar-refractivity contribution in [1.82, 2.24) is 0 Å². The van der Waals surface area contributed by atoms with Gasteiger partial charge in [-0.25, -0.2) is 0 Å². The maximum absolute atomic E-state index is 12.6. The van der Waals surface area contributed by atoms with Crippen molar-refractivity contribution >= 4 is 40.6 Å². The van der Waals surface area contributed by atoms with E-state index in [0.717, 1.165) is 5.56 Å². The van der Waals surface area contributed by atoms with E-state index in [1.54, 1.807) is 24.3 Å². The third kappa shape index (κ3) is 3.52. The van der Waals surface area contributed by atoms with Crippen LogP contribution in [0.25, 0.3) is 0 Å². The van der Waals surface area contributed by atoms with Crippen molar-refractivity contribution in [2.45, 2.75) is 13.8 Å². The zero-order valence-corrected chi connectivity index (χ0v) is 13.8. The van der Waals surface area contributed by atoms with E-state index in [1.807, 2.05) is 13.8 Å². The number of hydrogen-bond donors (Lipinski definition) is 0. The summed E-state index contributed by atoms with van der Waals surface area (Å²) in [6.45, 7) is 4.14. The third-order valence-corrected chi connectivity index (χ3v) is 3.84. The Balaban J connectivity index is 2.46. The summed E-state index contributed by atoms with van der Waals surface area (Å²) in [6, 6.07) is 8.18. The highest BCUT2D eigenvalue weighted by Crippen LogP contribution is 2.33. The van der Waals surface area contributed by atoms with Gasteiger partial charge in [-0.05, 0) is 43.7 Å². The second kappa shape index (κ2) is 6.69. The van der Waals surface area contributed by atoms with Crippen LogP contribution in [-0.4, -0.2) is 12.4 Å². The van der Waals surface area contributed by atoms with E-state index in [2.05, 4.69) is 0 Å². The fourth-order valence-corrected chi connectivity index (χ4v) is 2.68. The predicted octanol–water partition coefficient (Wildman–Crippen LogP) is 5.58. The lowest BCUT2D eigenvalue weighted by Crippen LogP contribution is -2.05. The zero-order valence-electron chi connectivity index (χ0n) is 11.5. The van der Waals surface area contributed by atoms with Crippen LogP contribution in [0.15, 0.2) is 30.3 Å². The number of ether oxygens (including phenoxy) is 1. The van der Waals surface area contributed by atoms with Crippen molar-refractivity contribution in [3.05, 3.63) is 62.1 Å². The van der Waals surface area contributed by atoms with Crippen molar-refractivity contribution in [2.75, 3.05) is 6.61 Å². The molecule has 0 amide bonds. The van der Waals surface area contributed by atoms with Crippen molar-refractivity contribution in [2.24, 2.45) is 0 Å². The Hall–Kier alpha value is -1.22. The summed E-state index contributed by atoms with van der Waals surface area (Å²) in [5, 5.41) is 1.25. The number of ketones is 1. The van der Waals surface area contributed by atoms with E-state index in [9.17, 15) is 4.79 Å². The Bertz CT molecular complexity index is 696. The average Bonchev–Trinajstić information content (AvgIpc) is 2.42. The molecule has 0 radical (unpaired) electrons. The molecule has 110 valence electrons. The van der Waals surface area contributed by atoms with Crippen LogP contribution in [0, 0.1) is 6.92 Å². The Labute approximate surface area is 138 Å². The van der Waals surface area contributed by atoms with Gasteiger partial charge in [0.05, 0.1) is 16.7 Å². The number of halogens is 3. The summed E-state index contributed by atoms with van der Waals surface area (Å²) in [4.78, 5) is 12.6. The van der Waals surface area contributed by atoms with E-state index < -0.39 is 0 Å². The molecule has 0 fully saturated rings. The summed E-state index contributed by atoms with van der Waals surface area (Å²) in [7, 11) is 0. The molecule has 0 saturated heterocycles. The van der Waals surface area contributed by atoms with E-state index >= 15 is 0 Å². The second-order valence-electron chi connectivity index (χ2n) is 4.48. The zero-order chi connectivity index (χ0) is 15.6. The summed E-state index contributed by atoms with van der Waals surface area (Å²) in [6.07, 6.45) is 0. The van der Waals surface area contributed by atoms with Crippen LogP contribution in [0.2, 0.25) is 15.1 Å². The Morgan fingerprint density at radius 1 is 1.05 bits per heavy atom. The van der Waals surface area contributed by atoms with E-state index in [4.69, 9.17) is 39.5 Å². The first-order chi connectivity index (χ1) is 9.93. The molecule has 0 bridgehead atoms. The Morgan fingerprint density at radius 2 is 1.76 bits per heavy atom. The first-order valence-corrected chi connectivity index (χ1v) is 7.50. The van der Waals surface area contributed by atoms with Gasteiger partial charge < -0.3 is 4.74 Å². The molecule has 2 aromatic carbocycles. The van der Waals surface area contributed by atoms with Crippen LogP contribution < -0.4 is 4.74 Å². The number of hydrogen-bond acceptors (Lipinski definition) is 2. The molecule has 0 saturated carbocycles. The van der Waals surface area contributed by atoms with Gasteiger partial charge in [-0.15, -0.1) is 0 Å². The Kier molecular flexibility index (Phi) is 5.15. The highest BCUT2D eigenvalue weighted by Gasteiger charge is 2.18. The quantitative estimate of drug-likeness (QED) is 0.677. The molecular weight excluding hydrogens is 331 g/mol. The summed E-state index contributed by atoms with van der Waals surface area (Å²) in [5.74, 6) is 0.271. The summed E-state index contributed by atoms with van der Waals surface area (Å²) < 4.78 is 5.35. The van der Waals surface area contributed by atoms with Gasteiger partial charge in [0.2, 0.25) is 0 Å². The first-order valence-electron chi connectivity index (χ1n) is 6.36. The molecule has 5 heteroatoms. The predicted molar refractivity (Wildman–Crippen MR) is 87.3 cm³/mol. The molecular formula is C16H13Cl3O2. The highest BCUT2D eigenvalue weighted by atomic mass is 35.5. The molecule has 2 nitrogen and oxygen atoms in total. The molecule has 0 N–H and O–H groups in total. The van der Waals surface area contributed by atoms with Crippen LogP contribution in [0.5, 0.6) is 5.75 Å². The number of carbonyl (C=O) groups excluding carboxylic acids is 1. The molecule has 0 aliphatic carbocycles. The van der Waals surface area contributed by atoms with Gasteiger partial charge in [-0.2, -0.15) is 0 Å². The maximum Gasteiger partial charge on any atom is 0.194 e. The van der Waals surface area contributed by atoms with Crippen LogP contribution in [0.3, 0.4) is 0 Å². The van der Waals surface area contributed by atoms with Gasteiger partial charge in [0.25, 0.3) is 0 Å². The maximum atomic E-state index is 12.6. The van der Waals surface area contributed by atoms with Gasteiger partial charge in [0.1, 0.15) is 5.75 Å². The van der Waals surface area contributed by atoms with E-state index in [1.165, 1.54) is 6.07 Å². The van der Waals surface area contributed by atoms with Gasteiger partial charge in [-0.3, -0.25) is 4.79 Å². The van der Waals surface area contributed by atoms with Gasteiger partial charge in [0, 0.05) is 22.2 Å². The van der Waals surface area contributed by atoms with E-state index in [-0.39, 0.29) is 5.78 Å². The van der Waals surface area contributed by atoms with E-state index in [0.29, 0.717) is 38.6 Å². The molecule has 0 aromatic heterocycles. The number of benzene rings is 2. The number of carbonyl (C=O) groups is 1. The van der Waals surface area contributed by atoms with Crippen molar-refractivity contribution in [3.8, 4) is 5.75 Å². The second-order valence-corrected chi connectivity index (χ2v) is 5.73. The first kappa shape index (κ1) is 16.2. The molecule has 0 heterocycles. The highest BCUT2D eigenvalue weighted by molar-refractivity contribution is 6.37. The average molecular weight is 344 g/mol. The van der Waals surface area contributed by atoms with Crippen molar-refractivity contribution in [3.63, 3.8) is 0 Å². The minimum atomic E-state index is -0.195. The molecule has 21 heavy (non-hydrogen) atoms. The van der Waals surface area contributed by atoms with Crippen molar-refractivity contribution in [1.29, 1.82) is 0 Å². The largest absolute Gasteiger partial charge is 0.492 e. The van der Waals surface area contributed by atoms with Crippen LogP contribution in [0.4, 0.5) is 0 Å². The monoisotopic (exact) mass is 342 g/mol. The van der Waals surface area contributed by atoms with Crippen LogP contribution in [-0.2, 0) is 0 Å². The fraction of sp³-hybridized carbons (Fsp3) is 0.188. The smallest absolute Gasteiger partial charge is 0.194 e. The lowest BCUT2D eigenvalue weighted by molar-refractivity contribution is 0.103. The normalized spacial score (nSPS) is 10.5. The lowest BCUT2D eigenvalue weighted by Gasteiger charge is -2.11. The van der Waals surface area contributed by atoms with Crippen LogP contribution >= 0.6 is 34.8 Å².